The molecule has 7 N–H and O–H groups in total. The number of carbonyl (C=O) groups excluding carboxylic acids is 3. The van der Waals surface area contributed by atoms with Gasteiger partial charge < -0.3 is 31.9 Å². The van der Waals surface area contributed by atoms with Gasteiger partial charge in [-0.1, -0.05) is 97.8 Å². The van der Waals surface area contributed by atoms with Crippen LogP contribution in [0.15, 0.2) is 0 Å². The second-order valence-corrected chi connectivity index (χ2v) is 11.7. The van der Waals surface area contributed by atoms with Gasteiger partial charge >= 0.3 is 5.97 Å². The van der Waals surface area contributed by atoms with Crippen LogP contribution in [0.5, 0.6) is 0 Å². The quantitative estimate of drug-likeness (QED) is 0.0828. The van der Waals surface area contributed by atoms with Gasteiger partial charge in [0.25, 0.3) is 0 Å². The highest BCUT2D eigenvalue weighted by molar-refractivity contribution is 5.93. The van der Waals surface area contributed by atoms with Gasteiger partial charge in [0, 0.05) is 6.42 Å². The molecule has 0 bridgehead atoms. The number of carboxylic acid groups (broad SMARTS) is 1. The summed E-state index contributed by atoms with van der Waals surface area (Å²) in [5, 5.41) is 26.8. The fourth-order valence-corrected chi connectivity index (χ4v) is 4.75. The molecule has 0 saturated carbocycles. The summed E-state index contributed by atoms with van der Waals surface area (Å²) in [6.07, 6.45) is 16.6. The van der Waals surface area contributed by atoms with Crippen molar-refractivity contribution >= 4 is 23.7 Å². The number of hydrogen-bond donors (Lipinski definition) is 6. The Morgan fingerprint density at radius 3 is 1.59 bits per heavy atom. The summed E-state index contributed by atoms with van der Waals surface area (Å²) >= 11 is 0. The van der Waals surface area contributed by atoms with E-state index in [9.17, 15) is 29.4 Å². The number of unbranched alkanes of at least 4 members (excludes halogenated alkanes) is 13. The molecule has 10 nitrogen and oxygen atoms in total. The minimum Gasteiger partial charge on any atom is -0.480 e. The first-order valence-electron chi connectivity index (χ1n) is 16.1. The lowest BCUT2D eigenvalue weighted by Gasteiger charge is -2.27. The maximum atomic E-state index is 13.1. The molecule has 0 saturated heterocycles. The minimum atomic E-state index is -1.50. The molecular formula is C31H60N4O6. The van der Waals surface area contributed by atoms with E-state index < -0.39 is 42.0 Å². The third-order valence-corrected chi connectivity index (χ3v) is 7.40. The minimum absolute atomic E-state index is 0.202. The van der Waals surface area contributed by atoms with Crippen molar-refractivity contribution in [1.82, 2.24) is 16.0 Å². The van der Waals surface area contributed by atoms with Crippen LogP contribution in [0.4, 0.5) is 0 Å². The second kappa shape index (κ2) is 24.4. The Bertz CT molecular complexity index is 731. The van der Waals surface area contributed by atoms with Crippen LogP contribution in [-0.4, -0.2) is 64.7 Å². The Morgan fingerprint density at radius 2 is 1.15 bits per heavy atom. The smallest absolute Gasteiger partial charge is 0.328 e. The molecule has 4 atom stereocenters. The highest BCUT2D eigenvalue weighted by Crippen LogP contribution is 2.13. The van der Waals surface area contributed by atoms with Crippen LogP contribution in [0.2, 0.25) is 0 Å². The van der Waals surface area contributed by atoms with Crippen molar-refractivity contribution in [2.45, 2.75) is 161 Å². The standard InChI is InChI=1S/C31H60N4O6/c1-5-6-7-8-9-10-11-12-13-14-15-16-17-21-26(37)33-25(20-18-19-22-32)29(38)34-27(23(2)3)30(39)35-28(24(4)36)31(40)41/h23-25,27-28,36H,5-22,32H2,1-4H3,(H,33,37)(H,34,38)(H,35,39)(H,40,41)/t24-,25+,27+,28+/m1/s1. The maximum Gasteiger partial charge on any atom is 0.328 e. The molecule has 0 aliphatic rings. The fraction of sp³-hybridized carbons (Fsp3) is 0.871. The van der Waals surface area contributed by atoms with Gasteiger partial charge in [-0.25, -0.2) is 4.79 Å². The highest BCUT2D eigenvalue weighted by Gasteiger charge is 2.32. The van der Waals surface area contributed by atoms with E-state index in [1.165, 1.54) is 71.1 Å². The predicted molar refractivity (Wildman–Crippen MR) is 163 cm³/mol. The Morgan fingerprint density at radius 1 is 0.659 bits per heavy atom. The van der Waals surface area contributed by atoms with Crippen LogP contribution in [0.1, 0.15) is 137 Å². The van der Waals surface area contributed by atoms with Crippen molar-refractivity contribution in [3.63, 3.8) is 0 Å². The van der Waals surface area contributed by atoms with Crippen molar-refractivity contribution in [2.75, 3.05) is 6.54 Å². The number of rotatable bonds is 26. The number of aliphatic hydroxyl groups excluding tert-OH is 1. The molecule has 0 aliphatic heterocycles. The molecule has 240 valence electrons. The van der Waals surface area contributed by atoms with Crippen LogP contribution in [0.25, 0.3) is 0 Å². The van der Waals surface area contributed by atoms with E-state index in [2.05, 4.69) is 22.9 Å². The molecule has 0 unspecified atom stereocenters. The van der Waals surface area contributed by atoms with Gasteiger partial charge in [0.15, 0.2) is 6.04 Å². The number of amides is 3. The summed E-state index contributed by atoms with van der Waals surface area (Å²) in [6.45, 7) is 7.42. The third-order valence-electron chi connectivity index (χ3n) is 7.40. The lowest BCUT2D eigenvalue weighted by atomic mass is 10.0. The van der Waals surface area contributed by atoms with Crippen molar-refractivity contribution in [1.29, 1.82) is 0 Å². The number of aliphatic carboxylic acids is 1. The lowest BCUT2D eigenvalue weighted by molar-refractivity contribution is -0.145. The zero-order chi connectivity index (χ0) is 31.0. The average Bonchev–Trinajstić information content (AvgIpc) is 2.91. The summed E-state index contributed by atoms with van der Waals surface area (Å²) in [6, 6.07) is -3.35. The zero-order valence-electron chi connectivity index (χ0n) is 26.2. The summed E-state index contributed by atoms with van der Waals surface area (Å²) in [7, 11) is 0. The predicted octanol–water partition coefficient (Wildman–Crippen LogP) is 4.17. The fourth-order valence-electron chi connectivity index (χ4n) is 4.75. The monoisotopic (exact) mass is 584 g/mol. The highest BCUT2D eigenvalue weighted by atomic mass is 16.4. The Labute approximate surface area is 248 Å². The van der Waals surface area contributed by atoms with Crippen molar-refractivity contribution in [2.24, 2.45) is 11.7 Å². The van der Waals surface area contributed by atoms with Crippen LogP contribution >= 0.6 is 0 Å². The summed E-state index contributed by atoms with van der Waals surface area (Å²) in [5.41, 5.74) is 5.60. The first kappa shape index (κ1) is 38.8. The molecule has 0 aromatic carbocycles. The Kier molecular flexibility index (Phi) is 23.1. The molecular weight excluding hydrogens is 524 g/mol. The van der Waals surface area contributed by atoms with E-state index >= 15 is 0 Å². The molecule has 0 heterocycles. The summed E-state index contributed by atoms with van der Waals surface area (Å²) < 4.78 is 0. The molecule has 0 fully saturated rings. The molecule has 0 radical (unpaired) electrons. The SMILES string of the molecule is CCCCCCCCCCCCCCCC(=O)N[C@@H](CCCCN)C(=O)N[C@H](C(=O)N[C@H](C(=O)O)[C@@H](C)O)C(C)C. The van der Waals surface area contributed by atoms with Gasteiger partial charge in [0.2, 0.25) is 17.7 Å². The van der Waals surface area contributed by atoms with Crippen LogP contribution < -0.4 is 21.7 Å². The molecule has 0 aromatic heterocycles. The van der Waals surface area contributed by atoms with E-state index in [1.807, 2.05) is 0 Å². The first-order valence-corrected chi connectivity index (χ1v) is 16.1. The van der Waals surface area contributed by atoms with Gasteiger partial charge in [0.1, 0.15) is 12.1 Å². The number of carboxylic acids is 1. The van der Waals surface area contributed by atoms with Gasteiger partial charge in [-0.2, -0.15) is 0 Å². The van der Waals surface area contributed by atoms with Crippen LogP contribution in [-0.2, 0) is 19.2 Å². The van der Waals surface area contributed by atoms with Crippen molar-refractivity contribution < 1.29 is 29.4 Å². The molecule has 3 amide bonds. The van der Waals surface area contributed by atoms with Gasteiger partial charge in [-0.3, -0.25) is 14.4 Å². The van der Waals surface area contributed by atoms with E-state index in [-0.39, 0.29) is 11.8 Å². The van der Waals surface area contributed by atoms with E-state index in [1.54, 1.807) is 13.8 Å². The Hall–Kier alpha value is -2.20. The molecule has 0 rings (SSSR count). The number of aliphatic hydroxyl groups is 1. The van der Waals surface area contributed by atoms with Crippen molar-refractivity contribution in [3.05, 3.63) is 0 Å². The molecule has 0 spiro atoms. The topological polar surface area (TPSA) is 171 Å². The zero-order valence-corrected chi connectivity index (χ0v) is 26.2. The van der Waals surface area contributed by atoms with E-state index in [4.69, 9.17) is 5.73 Å². The van der Waals surface area contributed by atoms with E-state index in [0.717, 1.165) is 19.3 Å². The summed E-state index contributed by atoms with van der Waals surface area (Å²) in [4.78, 5) is 50.0. The number of nitrogens with one attached hydrogen (secondary N) is 3. The Balaban J connectivity index is 4.63. The largest absolute Gasteiger partial charge is 0.480 e. The first-order chi connectivity index (χ1) is 19.5. The maximum absolute atomic E-state index is 13.1. The number of carbonyl (C=O) groups is 4. The van der Waals surface area contributed by atoms with Crippen LogP contribution in [0, 0.1) is 5.92 Å². The van der Waals surface area contributed by atoms with Gasteiger partial charge in [-0.15, -0.1) is 0 Å². The molecule has 41 heavy (non-hydrogen) atoms. The average molecular weight is 585 g/mol. The van der Waals surface area contributed by atoms with Gasteiger partial charge in [-0.05, 0) is 45.1 Å². The van der Waals surface area contributed by atoms with E-state index in [0.29, 0.717) is 32.2 Å². The summed E-state index contributed by atoms with van der Waals surface area (Å²) in [5.74, 6) is -3.14. The second-order valence-electron chi connectivity index (χ2n) is 11.7. The van der Waals surface area contributed by atoms with Gasteiger partial charge in [0.05, 0.1) is 6.10 Å². The normalized spacial score (nSPS) is 14.2. The van der Waals surface area contributed by atoms with Crippen LogP contribution in [0.3, 0.4) is 0 Å². The number of nitrogens with two attached hydrogens (primary N) is 1. The molecule has 0 aromatic rings. The lowest BCUT2D eigenvalue weighted by Crippen LogP contribution is -2.58. The number of hydrogen-bond acceptors (Lipinski definition) is 6. The third kappa shape index (κ3) is 19.5. The molecule has 10 heteroatoms. The van der Waals surface area contributed by atoms with Crippen molar-refractivity contribution in [3.8, 4) is 0 Å². The molecule has 0 aliphatic carbocycles.